The van der Waals surface area contributed by atoms with Gasteiger partial charge in [0.05, 0.1) is 19.8 Å². The number of rotatable bonds is 4. The summed E-state index contributed by atoms with van der Waals surface area (Å²) in [6, 6.07) is 4.78. The average Bonchev–Trinajstić information content (AvgIpc) is 2.95. The van der Waals surface area contributed by atoms with Crippen LogP contribution in [0.3, 0.4) is 0 Å². The monoisotopic (exact) mass is 356 g/mol. The molecular weight excluding hydrogens is 332 g/mol. The van der Waals surface area contributed by atoms with Crippen molar-refractivity contribution in [3.05, 3.63) is 23.8 Å². The van der Waals surface area contributed by atoms with Gasteiger partial charge in [0.25, 0.3) is 5.91 Å². The molecule has 1 aromatic rings. The Kier molecular flexibility index (Phi) is 6.32. The number of carbonyl (C=O) groups excluding carboxylic acids is 1. The van der Waals surface area contributed by atoms with Crippen LogP contribution in [0.1, 0.15) is 29.6 Å². The molecule has 6 nitrogen and oxygen atoms in total. The molecule has 2 heterocycles. The van der Waals surface area contributed by atoms with Crippen molar-refractivity contribution < 1.29 is 19.4 Å². The second kappa shape index (κ2) is 8.05. The van der Waals surface area contributed by atoms with Crippen LogP contribution in [-0.4, -0.2) is 50.5 Å². The van der Waals surface area contributed by atoms with Crippen LogP contribution in [0.5, 0.6) is 11.5 Å². The van der Waals surface area contributed by atoms with Crippen molar-refractivity contribution in [2.24, 2.45) is 5.41 Å². The average molecular weight is 357 g/mol. The molecule has 2 aliphatic heterocycles. The van der Waals surface area contributed by atoms with E-state index in [1.165, 1.54) is 13.2 Å². The van der Waals surface area contributed by atoms with Crippen molar-refractivity contribution in [1.29, 1.82) is 0 Å². The third-order valence-electron chi connectivity index (χ3n) is 4.89. The first-order valence-corrected chi connectivity index (χ1v) is 8.10. The lowest BCUT2D eigenvalue weighted by molar-refractivity contribution is 0.0778. The highest BCUT2D eigenvalue weighted by Crippen LogP contribution is 2.40. The molecule has 0 radical (unpaired) electrons. The predicted molar refractivity (Wildman–Crippen MR) is 93.1 cm³/mol. The van der Waals surface area contributed by atoms with E-state index in [4.69, 9.17) is 9.47 Å². The Bertz CT molecular complexity index is 576. The Hall–Kier alpha value is -1.50. The van der Waals surface area contributed by atoms with Gasteiger partial charge in [-0.15, -0.1) is 12.4 Å². The topological polar surface area (TPSA) is 79.8 Å². The number of phenols is 1. The third kappa shape index (κ3) is 3.94. The van der Waals surface area contributed by atoms with Crippen LogP contribution in [0.4, 0.5) is 0 Å². The molecule has 1 unspecified atom stereocenters. The number of phenolic OH excluding ortho intramolecular Hbond substituents is 1. The molecule has 2 saturated heterocycles. The van der Waals surface area contributed by atoms with Crippen molar-refractivity contribution in [3.63, 3.8) is 0 Å². The van der Waals surface area contributed by atoms with E-state index < -0.39 is 0 Å². The van der Waals surface area contributed by atoms with E-state index in [0.717, 1.165) is 39.0 Å². The van der Waals surface area contributed by atoms with E-state index in [9.17, 15) is 9.90 Å². The van der Waals surface area contributed by atoms with Crippen LogP contribution in [-0.2, 0) is 4.74 Å². The largest absolute Gasteiger partial charge is 0.507 e. The van der Waals surface area contributed by atoms with Crippen LogP contribution in [0.25, 0.3) is 0 Å². The second-order valence-corrected chi connectivity index (χ2v) is 6.45. The molecule has 1 spiro atoms. The number of nitrogens with one attached hydrogen (secondary N) is 2. The van der Waals surface area contributed by atoms with Crippen LogP contribution in [0, 0.1) is 5.41 Å². The number of methoxy groups -OCH3 is 1. The summed E-state index contributed by atoms with van der Waals surface area (Å²) >= 11 is 0. The molecule has 2 aliphatic rings. The summed E-state index contributed by atoms with van der Waals surface area (Å²) in [6.45, 7) is 3.30. The van der Waals surface area contributed by atoms with Crippen molar-refractivity contribution in [2.45, 2.75) is 25.4 Å². The fourth-order valence-corrected chi connectivity index (χ4v) is 3.54. The van der Waals surface area contributed by atoms with Crippen LogP contribution in [0.2, 0.25) is 0 Å². The highest BCUT2D eigenvalue weighted by atomic mass is 35.5. The first-order chi connectivity index (χ1) is 11.1. The predicted octanol–water partition coefficient (Wildman–Crippen LogP) is 1.71. The maximum Gasteiger partial charge on any atom is 0.258 e. The van der Waals surface area contributed by atoms with Crippen LogP contribution in [0.15, 0.2) is 18.2 Å². The maximum atomic E-state index is 12.4. The normalized spacial score (nSPS) is 22.0. The number of benzene rings is 1. The maximum absolute atomic E-state index is 12.4. The summed E-state index contributed by atoms with van der Waals surface area (Å²) in [5.74, 6) is -0.0523. The minimum atomic E-state index is -0.338. The third-order valence-corrected chi connectivity index (χ3v) is 4.89. The molecule has 0 saturated carbocycles. The first-order valence-electron chi connectivity index (χ1n) is 8.10. The van der Waals surface area contributed by atoms with Crippen molar-refractivity contribution in [1.82, 2.24) is 10.6 Å². The summed E-state index contributed by atoms with van der Waals surface area (Å²) in [5, 5.41) is 16.1. The van der Waals surface area contributed by atoms with E-state index in [0.29, 0.717) is 12.3 Å². The highest BCUT2D eigenvalue weighted by molar-refractivity contribution is 5.99. The molecular formula is C17H25ClN2O4. The molecule has 2 fully saturated rings. The summed E-state index contributed by atoms with van der Waals surface area (Å²) in [7, 11) is 1.48. The van der Waals surface area contributed by atoms with Gasteiger partial charge in [0.15, 0.2) is 0 Å². The Labute approximate surface area is 148 Å². The van der Waals surface area contributed by atoms with Gasteiger partial charge in [-0.05, 0) is 49.9 Å². The number of carbonyl (C=O) groups is 1. The second-order valence-electron chi connectivity index (χ2n) is 6.45. The lowest BCUT2D eigenvalue weighted by Crippen LogP contribution is -2.38. The molecule has 3 rings (SSSR count). The summed E-state index contributed by atoms with van der Waals surface area (Å²) < 4.78 is 11.0. The van der Waals surface area contributed by atoms with Gasteiger partial charge in [-0.25, -0.2) is 0 Å². The molecule has 1 amide bonds. The summed E-state index contributed by atoms with van der Waals surface area (Å²) in [6.07, 6.45) is 3.27. The first kappa shape index (κ1) is 18.8. The van der Waals surface area contributed by atoms with Gasteiger partial charge in [-0.3, -0.25) is 4.79 Å². The summed E-state index contributed by atoms with van der Waals surface area (Å²) in [5.41, 5.74) is 0.442. The minimum Gasteiger partial charge on any atom is -0.507 e. The van der Waals surface area contributed by atoms with E-state index >= 15 is 0 Å². The van der Waals surface area contributed by atoms with E-state index in [2.05, 4.69) is 10.6 Å². The highest BCUT2D eigenvalue weighted by Gasteiger charge is 2.40. The molecule has 0 aromatic heterocycles. The number of amides is 1. The number of hydrogen-bond donors (Lipinski definition) is 3. The molecule has 3 N–H and O–H groups in total. The van der Waals surface area contributed by atoms with Gasteiger partial charge >= 0.3 is 0 Å². The van der Waals surface area contributed by atoms with Gasteiger partial charge in [0, 0.05) is 6.54 Å². The molecule has 7 heteroatoms. The zero-order valence-corrected chi connectivity index (χ0v) is 14.7. The summed E-state index contributed by atoms with van der Waals surface area (Å²) in [4.78, 5) is 12.4. The van der Waals surface area contributed by atoms with E-state index in [-0.39, 0.29) is 41.1 Å². The molecule has 1 aromatic carbocycles. The standard InChI is InChI=1S/C17H24N2O4.ClH/c1-22-14-4-2-3-13(20)15(14)16(21)19-10-12-9-17(11-23-12)5-7-18-8-6-17;/h2-4,12,18,20H,5-11H2,1H3,(H,19,21);1H. The van der Waals surface area contributed by atoms with Gasteiger partial charge in [-0.1, -0.05) is 6.07 Å². The smallest absolute Gasteiger partial charge is 0.258 e. The molecule has 0 aliphatic carbocycles. The fraction of sp³-hybridized carbons (Fsp3) is 0.588. The molecule has 1 atom stereocenters. The lowest BCUT2D eigenvalue weighted by Gasteiger charge is -2.32. The van der Waals surface area contributed by atoms with Crippen molar-refractivity contribution in [2.75, 3.05) is 33.4 Å². The van der Waals surface area contributed by atoms with Crippen LogP contribution < -0.4 is 15.4 Å². The SMILES string of the molecule is COc1cccc(O)c1C(=O)NCC1CC2(CCNCC2)CO1.Cl. The molecule has 0 bridgehead atoms. The number of hydrogen-bond acceptors (Lipinski definition) is 5. The Morgan fingerprint density at radius 2 is 2.21 bits per heavy atom. The van der Waals surface area contributed by atoms with E-state index in [1.807, 2.05) is 0 Å². The Morgan fingerprint density at radius 1 is 1.46 bits per heavy atom. The number of piperidine rings is 1. The van der Waals surface area contributed by atoms with Gasteiger partial charge in [0.1, 0.15) is 17.1 Å². The van der Waals surface area contributed by atoms with Crippen molar-refractivity contribution >= 4 is 18.3 Å². The zero-order valence-electron chi connectivity index (χ0n) is 13.8. The Balaban J connectivity index is 0.00000208. The minimum absolute atomic E-state index is 0. The molecule has 24 heavy (non-hydrogen) atoms. The number of halogens is 1. The van der Waals surface area contributed by atoms with Gasteiger partial charge < -0.3 is 25.2 Å². The Morgan fingerprint density at radius 3 is 2.92 bits per heavy atom. The van der Waals surface area contributed by atoms with E-state index in [1.54, 1.807) is 12.1 Å². The van der Waals surface area contributed by atoms with Crippen molar-refractivity contribution in [3.8, 4) is 11.5 Å². The molecule has 134 valence electrons. The number of ether oxygens (including phenoxy) is 2. The van der Waals surface area contributed by atoms with Crippen LogP contribution >= 0.6 is 12.4 Å². The fourth-order valence-electron chi connectivity index (χ4n) is 3.54. The quantitative estimate of drug-likeness (QED) is 0.765. The van der Waals surface area contributed by atoms with Gasteiger partial charge in [-0.2, -0.15) is 0 Å². The number of aromatic hydroxyl groups is 1. The van der Waals surface area contributed by atoms with Gasteiger partial charge in [0.2, 0.25) is 0 Å². The lowest BCUT2D eigenvalue weighted by atomic mass is 9.77. The zero-order chi connectivity index (χ0) is 16.3.